The number of rotatable bonds is 2. The highest BCUT2D eigenvalue weighted by Gasteiger charge is 2.38. The van der Waals surface area contributed by atoms with E-state index in [9.17, 15) is 0 Å². The standard InChI is InChI=1S/C15H28Si2/c1-15(2,3)13-9-11-14(12-10-13)17(7,8)16(4,5)6/h9-12H,1-8H3. The highest BCUT2D eigenvalue weighted by Crippen LogP contribution is 2.23. The van der Waals surface area contributed by atoms with Crippen molar-refractivity contribution >= 4 is 20.4 Å². The van der Waals surface area contributed by atoms with Crippen LogP contribution in [-0.2, 0) is 5.41 Å². The molecule has 0 aliphatic rings. The molecule has 0 unspecified atom stereocenters. The quantitative estimate of drug-likeness (QED) is 0.698. The van der Waals surface area contributed by atoms with Crippen LogP contribution in [0.25, 0.3) is 0 Å². The van der Waals surface area contributed by atoms with Gasteiger partial charge >= 0.3 is 0 Å². The highest BCUT2D eigenvalue weighted by atomic mass is 29.3. The van der Waals surface area contributed by atoms with Crippen LogP contribution in [0.4, 0.5) is 0 Å². The molecule has 2 heteroatoms. The van der Waals surface area contributed by atoms with Crippen molar-refractivity contribution < 1.29 is 0 Å². The third kappa shape index (κ3) is 3.11. The summed E-state index contributed by atoms with van der Waals surface area (Å²) in [7, 11) is -2.27. The molecule has 0 aliphatic heterocycles. The molecule has 0 atom stereocenters. The minimum atomic E-state index is -1.22. The lowest BCUT2D eigenvalue weighted by molar-refractivity contribution is 0.590. The van der Waals surface area contributed by atoms with Crippen LogP contribution in [0.15, 0.2) is 24.3 Å². The molecule has 0 nitrogen and oxygen atoms in total. The van der Waals surface area contributed by atoms with Gasteiger partial charge in [0.2, 0.25) is 0 Å². The first-order valence-corrected chi connectivity index (χ1v) is 14.1. The maximum Gasteiger partial charge on any atom is 0.0736 e. The van der Waals surface area contributed by atoms with Crippen molar-refractivity contribution in [1.29, 1.82) is 0 Å². The summed E-state index contributed by atoms with van der Waals surface area (Å²) < 4.78 is 0. The normalized spacial score (nSPS) is 13.9. The summed E-state index contributed by atoms with van der Waals surface area (Å²) in [5.74, 6) is 0. The predicted molar refractivity (Wildman–Crippen MR) is 85.6 cm³/mol. The van der Waals surface area contributed by atoms with Gasteiger partial charge in [0.1, 0.15) is 0 Å². The molecular weight excluding hydrogens is 236 g/mol. The molecule has 0 fully saturated rings. The van der Waals surface area contributed by atoms with Crippen LogP contribution in [0.1, 0.15) is 26.3 Å². The molecule has 0 amide bonds. The first kappa shape index (κ1) is 14.7. The van der Waals surface area contributed by atoms with Crippen LogP contribution in [0.2, 0.25) is 32.7 Å². The Morgan fingerprint density at radius 1 is 0.765 bits per heavy atom. The zero-order valence-corrected chi connectivity index (χ0v) is 14.8. The van der Waals surface area contributed by atoms with Gasteiger partial charge in [0.05, 0.1) is 7.59 Å². The van der Waals surface area contributed by atoms with Gasteiger partial charge in [0.25, 0.3) is 0 Å². The van der Waals surface area contributed by atoms with E-state index in [4.69, 9.17) is 0 Å². The summed E-state index contributed by atoms with van der Waals surface area (Å²) in [6, 6.07) is 9.46. The van der Waals surface area contributed by atoms with Crippen molar-refractivity contribution in [2.24, 2.45) is 0 Å². The molecule has 0 heterocycles. The molecule has 17 heavy (non-hydrogen) atoms. The fourth-order valence-electron chi connectivity index (χ4n) is 1.82. The van der Waals surface area contributed by atoms with Crippen molar-refractivity contribution in [3.63, 3.8) is 0 Å². The first-order chi connectivity index (χ1) is 7.46. The van der Waals surface area contributed by atoms with Gasteiger partial charge in [0.15, 0.2) is 0 Å². The summed E-state index contributed by atoms with van der Waals surface area (Å²) in [6.45, 7) is 19.4. The van der Waals surface area contributed by atoms with E-state index in [2.05, 4.69) is 77.8 Å². The van der Waals surface area contributed by atoms with E-state index >= 15 is 0 Å². The van der Waals surface area contributed by atoms with Crippen LogP contribution in [0, 0.1) is 0 Å². The molecule has 0 aromatic heterocycles. The lowest BCUT2D eigenvalue weighted by atomic mass is 9.87. The molecule has 1 aromatic rings. The van der Waals surface area contributed by atoms with E-state index in [1.165, 1.54) is 5.56 Å². The largest absolute Gasteiger partial charge is 0.0736 e. The topological polar surface area (TPSA) is 0 Å². The average Bonchev–Trinajstić information content (AvgIpc) is 2.15. The van der Waals surface area contributed by atoms with E-state index in [-0.39, 0.29) is 5.41 Å². The Balaban J connectivity index is 3.12. The summed E-state index contributed by atoms with van der Waals surface area (Å²) in [5, 5.41) is 1.63. The summed E-state index contributed by atoms with van der Waals surface area (Å²) in [6.07, 6.45) is 0. The second kappa shape index (κ2) is 4.40. The van der Waals surface area contributed by atoms with E-state index in [0.717, 1.165) is 0 Å². The van der Waals surface area contributed by atoms with Gasteiger partial charge in [-0.3, -0.25) is 0 Å². The molecule has 0 saturated heterocycles. The fraction of sp³-hybridized carbons (Fsp3) is 0.600. The summed E-state index contributed by atoms with van der Waals surface area (Å²) in [5.41, 5.74) is 1.71. The number of hydrogen-bond acceptors (Lipinski definition) is 0. The second-order valence-electron chi connectivity index (χ2n) is 7.70. The molecule has 0 bridgehead atoms. The van der Waals surface area contributed by atoms with Crippen LogP contribution in [-0.4, -0.2) is 15.2 Å². The summed E-state index contributed by atoms with van der Waals surface area (Å²) >= 11 is 0. The molecule has 0 N–H and O–H groups in total. The maximum atomic E-state index is 2.53. The smallest absolute Gasteiger partial charge is 0.0712 e. The Morgan fingerprint density at radius 2 is 1.18 bits per heavy atom. The molecule has 0 saturated carbocycles. The Labute approximate surface area is 109 Å². The van der Waals surface area contributed by atoms with E-state index in [1.807, 2.05) is 0 Å². The van der Waals surface area contributed by atoms with E-state index < -0.39 is 15.2 Å². The molecular formula is C15H28Si2. The minimum Gasteiger partial charge on any atom is -0.0712 e. The lowest BCUT2D eigenvalue weighted by Crippen LogP contribution is -2.61. The minimum absolute atomic E-state index is 0.267. The van der Waals surface area contributed by atoms with Crippen molar-refractivity contribution in [2.45, 2.75) is 58.9 Å². The van der Waals surface area contributed by atoms with Gasteiger partial charge in [0, 0.05) is 7.59 Å². The van der Waals surface area contributed by atoms with Gasteiger partial charge in [-0.05, 0) is 11.0 Å². The van der Waals surface area contributed by atoms with Gasteiger partial charge in [-0.1, -0.05) is 83.0 Å². The monoisotopic (exact) mass is 264 g/mol. The van der Waals surface area contributed by atoms with Gasteiger partial charge < -0.3 is 0 Å². The number of hydrogen-bond donors (Lipinski definition) is 0. The zero-order chi connectivity index (χ0) is 13.5. The predicted octanol–water partition coefficient (Wildman–Crippen LogP) is 4.32. The van der Waals surface area contributed by atoms with Gasteiger partial charge in [-0.15, -0.1) is 0 Å². The maximum absolute atomic E-state index is 2.53. The highest BCUT2D eigenvalue weighted by molar-refractivity contribution is 7.45. The van der Waals surface area contributed by atoms with Crippen LogP contribution < -0.4 is 5.19 Å². The van der Waals surface area contributed by atoms with Crippen LogP contribution in [0.5, 0.6) is 0 Å². The Morgan fingerprint density at radius 3 is 1.47 bits per heavy atom. The molecule has 0 spiro atoms. The van der Waals surface area contributed by atoms with Crippen LogP contribution >= 0.6 is 0 Å². The molecule has 0 aliphatic carbocycles. The SMILES string of the molecule is CC(C)(C)c1ccc([Si](C)(C)[Si](C)(C)C)cc1. The molecule has 96 valence electrons. The van der Waals surface area contributed by atoms with E-state index in [1.54, 1.807) is 5.19 Å². The fourth-order valence-corrected chi connectivity index (χ4v) is 6.78. The van der Waals surface area contributed by atoms with Crippen molar-refractivity contribution in [1.82, 2.24) is 0 Å². The average molecular weight is 265 g/mol. The second-order valence-corrected chi connectivity index (χ2v) is 24.3. The Bertz CT molecular complexity index is 375. The third-order valence-corrected chi connectivity index (χ3v) is 22.0. The molecule has 0 radical (unpaired) electrons. The summed E-state index contributed by atoms with van der Waals surface area (Å²) in [4.78, 5) is 0. The van der Waals surface area contributed by atoms with Crippen molar-refractivity contribution in [3.05, 3.63) is 29.8 Å². The van der Waals surface area contributed by atoms with E-state index in [0.29, 0.717) is 0 Å². The zero-order valence-electron chi connectivity index (χ0n) is 12.8. The number of benzene rings is 1. The third-order valence-electron chi connectivity index (χ3n) is 4.35. The lowest BCUT2D eigenvalue weighted by Gasteiger charge is -2.36. The van der Waals surface area contributed by atoms with Crippen LogP contribution in [0.3, 0.4) is 0 Å². The van der Waals surface area contributed by atoms with Gasteiger partial charge in [-0.25, -0.2) is 0 Å². The van der Waals surface area contributed by atoms with Crippen molar-refractivity contribution in [2.75, 3.05) is 0 Å². The molecule has 1 aromatic carbocycles. The first-order valence-electron chi connectivity index (χ1n) is 6.57. The Hall–Kier alpha value is -0.346. The Kier molecular flexibility index (Phi) is 3.80. The van der Waals surface area contributed by atoms with Gasteiger partial charge in [-0.2, -0.15) is 0 Å². The van der Waals surface area contributed by atoms with Crippen molar-refractivity contribution in [3.8, 4) is 0 Å². The molecule has 1 rings (SSSR count).